The van der Waals surface area contributed by atoms with E-state index in [1.165, 1.54) is 0 Å². The van der Waals surface area contributed by atoms with Gasteiger partial charge in [0.2, 0.25) is 0 Å². The third-order valence-electron chi connectivity index (χ3n) is 1.87. The van der Waals surface area contributed by atoms with E-state index < -0.39 is 0 Å². The molecule has 0 atom stereocenters. The summed E-state index contributed by atoms with van der Waals surface area (Å²) in [7, 11) is 3.25. The molecule has 0 aliphatic rings. The normalized spacial score (nSPS) is 10.9. The Morgan fingerprint density at radius 2 is 2.07 bits per heavy atom. The molecule has 3 nitrogen and oxygen atoms in total. The predicted octanol–water partition coefficient (Wildman–Crippen LogP) is 2.74. The van der Waals surface area contributed by atoms with Gasteiger partial charge >= 0.3 is 0 Å². The summed E-state index contributed by atoms with van der Waals surface area (Å²) < 4.78 is 11.2. The summed E-state index contributed by atoms with van der Waals surface area (Å²) in [6, 6.07) is 5.83. The Hall–Kier alpha value is -0.230. The van der Waals surface area contributed by atoms with Gasteiger partial charge in [-0.1, -0.05) is 15.9 Å². The molecule has 2 N–H and O–H groups in total. The summed E-state index contributed by atoms with van der Waals surface area (Å²) in [6.07, 6.45) is -0.196. The first-order chi connectivity index (χ1) is 7.17. The van der Waals surface area contributed by atoms with E-state index in [0.29, 0.717) is 0 Å². The molecule has 0 radical (unpaired) electrons. The lowest BCUT2D eigenvalue weighted by Crippen LogP contribution is -2.15. The number of nitrogens with two attached hydrogens (primary N) is 1. The number of anilines is 1. The Bertz CT molecular complexity index is 318. The largest absolute Gasteiger partial charge is 0.398 e. The van der Waals surface area contributed by atoms with Crippen molar-refractivity contribution in [1.82, 2.24) is 0 Å². The molecule has 5 heteroatoms. The Morgan fingerprint density at radius 3 is 2.60 bits per heavy atom. The zero-order chi connectivity index (χ0) is 11.3. The molecule has 0 aliphatic heterocycles. The standard InChI is InChI=1S/C10H14BrNO2S/c1-13-10(14-2)6-15-9-4-3-7(11)5-8(9)12/h3-5,10H,6,12H2,1-2H3. The van der Waals surface area contributed by atoms with E-state index in [4.69, 9.17) is 15.2 Å². The van der Waals surface area contributed by atoms with Crippen LogP contribution in [0.5, 0.6) is 0 Å². The van der Waals surface area contributed by atoms with Gasteiger partial charge in [-0.15, -0.1) is 11.8 Å². The molecule has 0 aromatic heterocycles. The van der Waals surface area contributed by atoms with Crippen molar-refractivity contribution in [2.24, 2.45) is 0 Å². The number of hydrogen-bond acceptors (Lipinski definition) is 4. The number of methoxy groups -OCH3 is 2. The van der Waals surface area contributed by atoms with Gasteiger partial charge in [0.15, 0.2) is 6.29 Å². The molecule has 0 fully saturated rings. The van der Waals surface area contributed by atoms with Crippen LogP contribution in [0, 0.1) is 0 Å². The molecule has 0 saturated heterocycles. The second kappa shape index (κ2) is 6.37. The molecule has 0 bridgehead atoms. The fourth-order valence-corrected chi connectivity index (χ4v) is 2.40. The predicted molar refractivity (Wildman–Crippen MR) is 67.1 cm³/mol. The second-order valence-electron chi connectivity index (χ2n) is 2.89. The monoisotopic (exact) mass is 291 g/mol. The molecule has 0 aliphatic carbocycles. The Balaban J connectivity index is 2.57. The first kappa shape index (κ1) is 12.8. The van der Waals surface area contributed by atoms with Gasteiger partial charge in [0.1, 0.15) is 0 Å². The van der Waals surface area contributed by atoms with Crippen molar-refractivity contribution >= 4 is 33.4 Å². The summed E-state index contributed by atoms with van der Waals surface area (Å²) in [4.78, 5) is 1.04. The van der Waals surface area contributed by atoms with Crippen LogP contribution in [0.25, 0.3) is 0 Å². The first-order valence-corrected chi connectivity index (χ1v) is 6.18. The highest BCUT2D eigenvalue weighted by atomic mass is 79.9. The molecule has 0 saturated carbocycles. The highest BCUT2D eigenvalue weighted by Gasteiger charge is 2.07. The number of nitrogen functional groups attached to an aromatic ring is 1. The lowest BCUT2D eigenvalue weighted by atomic mass is 10.3. The molecule has 0 unspecified atom stereocenters. The van der Waals surface area contributed by atoms with Crippen LogP contribution in [0.2, 0.25) is 0 Å². The van der Waals surface area contributed by atoms with E-state index in [9.17, 15) is 0 Å². The van der Waals surface area contributed by atoms with Gasteiger partial charge in [0.25, 0.3) is 0 Å². The highest BCUT2D eigenvalue weighted by molar-refractivity contribution is 9.10. The average molecular weight is 292 g/mol. The molecule has 84 valence electrons. The van der Waals surface area contributed by atoms with Gasteiger partial charge < -0.3 is 15.2 Å². The number of halogens is 1. The number of thioether (sulfide) groups is 1. The van der Waals surface area contributed by atoms with Crippen LogP contribution >= 0.6 is 27.7 Å². The maximum Gasteiger partial charge on any atom is 0.166 e. The zero-order valence-corrected chi connectivity index (χ0v) is 11.1. The SMILES string of the molecule is COC(CSc1ccc(Br)cc1N)OC. The van der Waals surface area contributed by atoms with Crippen LogP contribution < -0.4 is 5.73 Å². The van der Waals surface area contributed by atoms with Crippen LogP contribution in [0.3, 0.4) is 0 Å². The lowest BCUT2D eigenvalue weighted by molar-refractivity contribution is -0.0842. The Kier molecular flexibility index (Phi) is 5.45. The van der Waals surface area contributed by atoms with E-state index >= 15 is 0 Å². The van der Waals surface area contributed by atoms with Crippen molar-refractivity contribution in [2.45, 2.75) is 11.2 Å². The maximum atomic E-state index is 5.86. The maximum absolute atomic E-state index is 5.86. The molecule has 1 rings (SSSR count). The lowest BCUT2D eigenvalue weighted by Gasteiger charge is -2.13. The summed E-state index contributed by atoms with van der Waals surface area (Å²) in [5, 5.41) is 0. The summed E-state index contributed by atoms with van der Waals surface area (Å²) in [6.45, 7) is 0. The molecule has 1 aromatic carbocycles. The van der Waals surface area contributed by atoms with E-state index in [1.54, 1.807) is 26.0 Å². The molecular formula is C10H14BrNO2S. The van der Waals surface area contributed by atoms with Crippen molar-refractivity contribution in [1.29, 1.82) is 0 Å². The van der Waals surface area contributed by atoms with Crippen LogP contribution in [0.1, 0.15) is 0 Å². The van der Waals surface area contributed by atoms with Gasteiger partial charge in [0, 0.05) is 35.0 Å². The van der Waals surface area contributed by atoms with Gasteiger partial charge in [-0.05, 0) is 18.2 Å². The van der Waals surface area contributed by atoms with E-state index in [-0.39, 0.29) is 6.29 Å². The van der Waals surface area contributed by atoms with Crippen molar-refractivity contribution in [2.75, 3.05) is 25.7 Å². The third-order valence-corrected chi connectivity index (χ3v) is 3.49. The van der Waals surface area contributed by atoms with Gasteiger partial charge in [-0.2, -0.15) is 0 Å². The van der Waals surface area contributed by atoms with Crippen molar-refractivity contribution in [3.05, 3.63) is 22.7 Å². The smallest absolute Gasteiger partial charge is 0.166 e. The van der Waals surface area contributed by atoms with Crippen LogP contribution in [0.15, 0.2) is 27.6 Å². The number of benzene rings is 1. The van der Waals surface area contributed by atoms with Gasteiger partial charge in [0.05, 0.1) is 0 Å². The van der Waals surface area contributed by atoms with Gasteiger partial charge in [-0.25, -0.2) is 0 Å². The minimum Gasteiger partial charge on any atom is -0.398 e. The summed E-state index contributed by atoms with van der Waals surface area (Å²) in [5.41, 5.74) is 6.62. The van der Waals surface area contributed by atoms with E-state index in [2.05, 4.69) is 15.9 Å². The fourth-order valence-electron chi connectivity index (χ4n) is 1.04. The highest BCUT2D eigenvalue weighted by Crippen LogP contribution is 2.28. The van der Waals surface area contributed by atoms with Crippen LogP contribution in [-0.4, -0.2) is 26.3 Å². The second-order valence-corrected chi connectivity index (χ2v) is 4.87. The Morgan fingerprint density at radius 1 is 1.40 bits per heavy atom. The number of hydrogen-bond donors (Lipinski definition) is 1. The third kappa shape index (κ3) is 4.03. The van der Waals surface area contributed by atoms with Crippen molar-refractivity contribution in [3.8, 4) is 0 Å². The van der Waals surface area contributed by atoms with Crippen LogP contribution in [0.4, 0.5) is 5.69 Å². The minimum atomic E-state index is -0.196. The van der Waals surface area contributed by atoms with E-state index in [0.717, 1.165) is 20.8 Å². The van der Waals surface area contributed by atoms with E-state index in [1.807, 2.05) is 18.2 Å². The van der Waals surface area contributed by atoms with Crippen molar-refractivity contribution in [3.63, 3.8) is 0 Å². The number of ether oxygens (including phenoxy) is 2. The molecule has 0 heterocycles. The molecule has 0 spiro atoms. The first-order valence-electron chi connectivity index (χ1n) is 4.40. The average Bonchev–Trinajstić information content (AvgIpc) is 2.22. The summed E-state index contributed by atoms with van der Waals surface area (Å²) >= 11 is 4.98. The molecule has 0 amide bonds. The zero-order valence-electron chi connectivity index (χ0n) is 8.70. The summed E-state index contributed by atoms with van der Waals surface area (Å²) in [5.74, 6) is 0.721. The molecule has 1 aromatic rings. The fraction of sp³-hybridized carbons (Fsp3) is 0.400. The topological polar surface area (TPSA) is 44.5 Å². The molecular weight excluding hydrogens is 278 g/mol. The number of rotatable bonds is 5. The van der Waals surface area contributed by atoms with Crippen molar-refractivity contribution < 1.29 is 9.47 Å². The minimum absolute atomic E-state index is 0.196. The Labute approximate surface area is 102 Å². The van der Waals surface area contributed by atoms with Crippen LogP contribution in [-0.2, 0) is 9.47 Å². The van der Waals surface area contributed by atoms with Gasteiger partial charge in [-0.3, -0.25) is 0 Å². The molecule has 15 heavy (non-hydrogen) atoms. The quantitative estimate of drug-likeness (QED) is 0.515.